The van der Waals surface area contributed by atoms with Gasteiger partial charge >= 0.3 is 7.48 Å². The maximum atomic E-state index is 13.8. The number of benzene rings is 1. The maximum Gasteiger partial charge on any atom is 0.333 e. The molecule has 0 saturated heterocycles. The van der Waals surface area contributed by atoms with Gasteiger partial charge in [0.2, 0.25) is 0 Å². The third kappa shape index (κ3) is 5.15. The van der Waals surface area contributed by atoms with Crippen LogP contribution >= 0.6 is 11.6 Å². The molecule has 1 radical (unpaired) electrons. The Labute approximate surface area is 191 Å². The molecule has 0 aliphatic rings. The Morgan fingerprint density at radius 1 is 1.31 bits per heavy atom. The molecule has 0 fully saturated rings. The number of para-hydroxylation sites is 1. The molecule has 167 valence electrons. The first-order chi connectivity index (χ1) is 15.0. The minimum Gasteiger partial charge on any atom is -0.427 e. The van der Waals surface area contributed by atoms with E-state index in [4.69, 9.17) is 22.1 Å². The molecule has 11 heteroatoms. The molecule has 3 aromatic rings. The van der Waals surface area contributed by atoms with Crippen LogP contribution in [0.5, 0.6) is 0 Å². The number of fused-ring (bicyclic) bond motifs is 1. The Morgan fingerprint density at radius 3 is 2.69 bits per heavy atom. The lowest BCUT2D eigenvalue weighted by atomic mass is 9.83. The zero-order chi connectivity index (χ0) is 23.5. The van der Waals surface area contributed by atoms with Crippen LogP contribution in [0, 0.1) is 5.82 Å². The van der Waals surface area contributed by atoms with Crippen LogP contribution in [0.25, 0.3) is 11.0 Å². The van der Waals surface area contributed by atoms with Crippen molar-refractivity contribution in [1.82, 2.24) is 14.5 Å². The topological polar surface area (TPSA) is 111 Å². The number of hydrazone groups is 1. The molecule has 3 rings (SSSR count). The van der Waals surface area contributed by atoms with Crippen LogP contribution in [0.3, 0.4) is 0 Å². The molecule has 0 spiro atoms. The first kappa shape index (κ1) is 23.8. The van der Waals surface area contributed by atoms with Gasteiger partial charge < -0.3 is 20.2 Å². The third-order valence-electron chi connectivity index (χ3n) is 5.29. The number of aromatic nitrogens is 3. The molecular weight excluding hydrogens is 434 g/mol. The Bertz CT molecular complexity index is 1170. The summed E-state index contributed by atoms with van der Waals surface area (Å²) in [5, 5.41) is 14.9. The summed E-state index contributed by atoms with van der Waals surface area (Å²) in [4.78, 5) is 12.5. The zero-order valence-corrected chi connectivity index (χ0v) is 19.0. The third-order valence-corrected chi connectivity index (χ3v) is 5.58. The van der Waals surface area contributed by atoms with Crippen molar-refractivity contribution in [3.63, 3.8) is 0 Å². The largest absolute Gasteiger partial charge is 0.427 e. The van der Waals surface area contributed by atoms with Gasteiger partial charge in [-0.05, 0) is 45.3 Å². The quantitative estimate of drug-likeness (QED) is 0.178. The van der Waals surface area contributed by atoms with Gasteiger partial charge in [-0.3, -0.25) is 4.99 Å². The van der Waals surface area contributed by atoms with Gasteiger partial charge in [-0.15, -0.1) is 0 Å². The van der Waals surface area contributed by atoms with Gasteiger partial charge in [0, 0.05) is 6.20 Å². The highest BCUT2D eigenvalue weighted by molar-refractivity contribution is 6.53. The number of hydrogen-bond donors (Lipinski definition) is 2. The van der Waals surface area contributed by atoms with Crippen LogP contribution in [0.15, 0.2) is 46.9 Å². The Morgan fingerprint density at radius 2 is 2.03 bits per heavy atom. The number of halogens is 2. The summed E-state index contributed by atoms with van der Waals surface area (Å²) in [6, 6.07) is 6.14. The Balaban J connectivity index is 1.90. The Kier molecular flexibility index (Phi) is 6.97. The van der Waals surface area contributed by atoms with Crippen molar-refractivity contribution in [3.05, 3.63) is 47.8 Å². The molecule has 0 bridgehead atoms. The molecule has 2 aromatic heterocycles. The van der Waals surface area contributed by atoms with Gasteiger partial charge in [0.25, 0.3) is 0 Å². The maximum absolute atomic E-state index is 13.8. The fraction of sp³-hybridized carbons (Fsp3) is 0.333. The molecule has 0 aliphatic carbocycles. The average molecular weight is 458 g/mol. The van der Waals surface area contributed by atoms with E-state index in [9.17, 15) is 9.50 Å². The highest BCUT2D eigenvalue weighted by atomic mass is 35.5. The van der Waals surface area contributed by atoms with Crippen LogP contribution in [0.1, 0.15) is 27.7 Å². The van der Waals surface area contributed by atoms with Crippen molar-refractivity contribution in [2.24, 2.45) is 15.9 Å². The van der Waals surface area contributed by atoms with Gasteiger partial charge in [-0.1, -0.05) is 23.7 Å². The lowest BCUT2D eigenvalue weighted by Crippen LogP contribution is -2.49. The van der Waals surface area contributed by atoms with Crippen LogP contribution in [0.2, 0.25) is 5.15 Å². The van der Waals surface area contributed by atoms with E-state index in [-0.39, 0.29) is 17.4 Å². The summed E-state index contributed by atoms with van der Waals surface area (Å²) < 4.78 is 21.5. The molecule has 2 heterocycles. The number of rotatable bonds is 8. The SMILES string of the molecule is CC(C)(O)C(C)(C)O[B]c1cn(CC(C=Nc2ccccc2F)=NN)c2ncnc(Cl)c12. The highest BCUT2D eigenvalue weighted by Gasteiger charge is 2.36. The molecule has 3 N–H and O–H groups in total. The molecule has 0 amide bonds. The summed E-state index contributed by atoms with van der Waals surface area (Å²) in [5.74, 6) is 5.09. The van der Waals surface area contributed by atoms with E-state index in [0.717, 1.165) is 0 Å². The molecule has 0 aliphatic heterocycles. The van der Waals surface area contributed by atoms with E-state index in [1.807, 2.05) is 0 Å². The number of nitrogens with two attached hydrogens (primary N) is 1. The van der Waals surface area contributed by atoms with Crippen LogP contribution < -0.4 is 11.3 Å². The molecular formula is C21H24BClFN6O2. The summed E-state index contributed by atoms with van der Waals surface area (Å²) >= 11 is 6.33. The smallest absolute Gasteiger partial charge is 0.333 e. The molecule has 8 nitrogen and oxygen atoms in total. The van der Waals surface area contributed by atoms with Gasteiger partial charge in [-0.2, -0.15) is 5.10 Å². The lowest BCUT2D eigenvalue weighted by molar-refractivity contribution is -0.0893. The summed E-state index contributed by atoms with van der Waals surface area (Å²) in [5.41, 5.74) is -0.270. The molecule has 0 unspecified atom stereocenters. The monoisotopic (exact) mass is 457 g/mol. The van der Waals surface area contributed by atoms with Crippen molar-refractivity contribution in [3.8, 4) is 0 Å². The van der Waals surface area contributed by atoms with Crippen LogP contribution in [0.4, 0.5) is 10.1 Å². The van der Waals surface area contributed by atoms with Gasteiger partial charge in [0.15, 0.2) is 0 Å². The van der Waals surface area contributed by atoms with Crippen molar-refractivity contribution in [2.45, 2.75) is 45.4 Å². The second-order valence-electron chi connectivity index (χ2n) is 8.21. The average Bonchev–Trinajstić information content (AvgIpc) is 3.08. The normalized spacial score (nSPS) is 13.3. The summed E-state index contributed by atoms with van der Waals surface area (Å²) in [7, 11) is 1.51. The minimum absolute atomic E-state index is 0.174. The van der Waals surface area contributed by atoms with E-state index in [2.05, 4.69) is 20.1 Å². The molecule has 32 heavy (non-hydrogen) atoms. The highest BCUT2D eigenvalue weighted by Crippen LogP contribution is 2.25. The fourth-order valence-corrected chi connectivity index (χ4v) is 2.91. The van der Waals surface area contributed by atoms with Gasteiger partial charge in [0.1, 0.15) is 22.9 Å². The first-order valence-electron chi connectivity index (χ1n) is 9.81. The number of aliphatic hydroxyl groups is 1. The lowest BCUT2D eigenvalue weighted by Gasteiger charge is -2.37. The predicted molar refractivity (Wildman–Crippen MR) is 126 cm³/mol. The van der Waals surface area contributed by atoms with E-state index < -0.39 is 17.0 Å². The number of hydrogen-bond acceptors (Lipinski definition) is 7. The second kappa shape index (κ2) is 9.36. The standard InChI is InChI=1S/C21H24BClFN6O2/c1-20(2,31)21(3,4)32-22-14-11-30(19-17(14)18(23)27-12-28-19)10-13(29-25)9-26-16-8-6-5-7-15(16)24/h5-9,11-12,31H,10,25H2,1-4H3. The predicted octanol–water partition coefficient (Wildman–Crippen LogP) is 2.75. The molecule has 0 atom stereocenters. The molecule has 1 aromatic carbocycles. The van der Waals surface area contributed by atoms with E-state index in [1.54, 1.807) is 56.7 Å². The Hall–Kier alpha value is -2.82. The second-order valence-corrected chi connectivity index (χ2v) is 8.57. The zero-order valence-electron chi connectivity index (χ0n) is 18.3. The van der Waals surface area contributed by atoms with Crippen molar-refractivity contribution >= 4 is 53.2 Å². The fourth-order valence-electron chi connectivity index (χ4n) is 2.67. The number of aliphatic imine (C=N–C) groups is 1. The summed E-state index contributed by atoms with van der Waals surface area (Å²) in [6.45, 7) is 7.08. The van der Waals surface area contributed by atoms with Crippen LogP contribution in [-0.2, 0) is 11.2 Å². The molecule has 0 saturated carbocycles. The van der Waals surface area contributed by atoms with E-state index in [0.29, 0.717) is 22.2 Å². The van der Waals surface area contributed by atoms with E-state index >= 15 is 0 Å². The number of nitrogens with zero attached hydrogens (tertiary/aromatic N) is 5. The van der Waals surface area contributed by atoms with Crippen molar-refractivity contribution in [1.29, 1.82) is 0 Å². The summed E-state index contributed by atoms with van der Waals surface area (Å²) in [6.07, 6.45) is 4.50. The van der Waals surface area contributed by atoms with Crippen LogP contribution in [-0.4, -0.2) is 50.3 Å². The first-order valence-corrected chi connectivity index (χ1v) is 10.2. The minimum atomic E-state index is -1.09. The van der Waals surface area contributed by atoms with Gasteiger partial charge in [0.05, 0.1) is 40.7 Å². The van der Waals surface area contributed by atoms with E-state index in [1.165, 1.54) is 26.1 Å². The van der Waals surface area contributed by atoms with Crippen molar-refractivity contribution in [2.75, 3.05) is 0 Å². The van der Waals surface area contributed by atoms with Crippen molar-refractivity contribution < 1.29 is 14.2 Å². The van der Waals surface area contributed by atoms with Gasteiger partial charge in [-0.25, -0.2) is 14.4 Å².